The Morgan fingerprint density at radius 1 is 1.41 bits per heavy atom. The van der Waals surface area contributed by atoms with Crippen LogP contribution in [0.5, 0.6) is 0 Å². The summed E-state index contributed by atoms with van der Waals surface area (Å²) in [6.07, 6.45) is -0.927. The average Bonchev–Trinajstić information content (AvgIpc) is 3.23. The van der Waals surface area contributed by atoms with Gasteiger partial charge in [-0.2, -0.15) is 17.6 Å². The number of imidazole rings is 1. The average molecular weight is 420 g/mol. The summed E-state index contributed by atoms with van der Waals surface area (Å²) in [5.41, 5.74) is 3.79. The number of hydrogen-bond donors (Lipinski definition) is 5. The van der Waals surface area contributed by atoms with Crippen LogP contribution in [0.2, 0.25) is 0 Å². The highest BCUT2D eigenvalue weighted by Crippen LogP contribution is 2.45. The molecule has 13 heteroatoms. The lowest BCUT2D eigenvalue weighted by molar-refractivity contribution is -0.384. The third kappa shape index (κ3) is 2.78. The van der Waals surface area contributed by atoms with E-state index in [1.165, 1.54) is 35.2 Å². The van der Waals surface area contributed by atoms with E-state index < -0.39 is 40.3 Å². The third-order valence-corrected chi connectivity index (χ3v) is 5.55. The fraction of sp³-hybridized carbons (Fsp3) is 0.312. The van der Waals surface area contributed by atoms with Crippen molar-refractivity contribution in [1.82, 2.24) is 19.5 Å². The van der Waals surface area contributed by atoms with Crippen LogP contribution in [0.3, 0.4) is 0 Å². The number of nitrogens with two attached hydrogens (primary N) is 1. The Bertz CT molecular complexity index is 1150. The van der Waals surface area contributed by atoms with Crippen molar-refractivity contribution in [3.05, 3.63) is 56.6 Å². The second-order valence-corrected chi connectivity index (χ2v) is 7.07. The molecule has 1 aliphatic heterocycles. The number of ether oxygens (including phenoxy) is 1. The number of hydrogen-bond acceptors (Lipinski definition) is 10. The maximum absolute atomic E-state index is 12.2. The number of nitrogen functional groups attached to an aromatic ring is 1. The molecule has 0 unspecified atom stereocenters. The predicted octanol–water partition coefficient (Wildman–Crippen LogP) is -0.639. The molecule has 5 N–H and O–H groups in total. The number of nitro benzene ring substituents is 1. The lowest BCUT2D eigenvalue weighted by Gasteiger charge is -2.34. The number of fused-ring (bicyclic) bond motifs is 1. The number of aliphatic hydroxyl groups excluding tert-OH is 2. The highest BCUT2D eigenvalue weighted by Gasteiger charge is 2.56. The van der Waals surface area contributed by atoms with Gasteiger partial charge in [0.2, 0.25) is 5.95 Å². The number of nitro groups is 1. The van der Waals surface area contributed by atoms with E-state index in [1.807, 2.05) is 0 Å². The second-order valence-electron chi connectivity index (χ2n) is 6.51. The van der Waals surface area contributed by atoms with E-state index in [-0.39, 0.29) is 22.8 Å². The van der Waals surface area contributed by atoms with Crippen LogP contribution < -0.4 is 11.3 Å². The molecule has 4 rings (SSSR count). The first-order chi connectivity index (χ1) is 13.8. The molecule has 12 nitrogen and oxygen atoms in total. The van der Waals surface area contributed by atoms with Gasteiger partial charge in [0.1, 0.15) is 6.10 Å². The molecule has 4 atom stereocenters. The first-order valence-electron chi connectivity index (χ1n) is 8.42. The molecule has 0 spiro atoms. The minimum Gasteiger partial charge on any atom is -0.394 e. The van der Waals surface area contributed by atoms with Crippen molar-refractivity contribution in [2.24, 2.45) is 0 Å². The van der Waals surface area contributed by atoms with Crippen LogP contribution in [-0.4, -0.2) is 58.7 Å². The van der Waals surface area contributed by atoms with Crippen molar-refractivity contribution in [2.75, 3.05) is 12.3 Å². The molecular weight excluding hydrogens is 404 g/mol. The lowest BCUT2D eigenvalue weighted by Crippen LogP contribution is -2.43. The van der Waals surface area contributed by atoms with E-state index in [9.17, 15) is 25.1 Å². The molecule has 1 aromatic carbocycles. The monoisotopic (exact) mass is 420 g/mol. The number of nitrogens with zero attached hydrogens (tertiary/aromatic N) is 4. The van der Waals surface area contributed by atoms with E-state index in [4.69, 9.17) is 10.5 Å². The molecule has 1 aliphatic rings. The van der Waals surface area contributed by atoms with Crippen molar-refractivity contribution >= 4 is 35.4 Å². The van der Waals surface area contributed by atoms with Crippen LogP contribution in [-0.2, 0) is 10.5 Å². The number of aromatic nitrogens is 4. The van der Waals surface area contributed by atoms with Crippen LogP contribution >= 0.6 is 12.6 Å². The van der Waals surface area contributed by atoms with E-state index >= 15 is 0 Å². The zero-order chi connectivity index (χ0) is 20.9. The molecule has 0 radical (unpaired) electrons. The summed E-state index contributed by atoms with van der Waals surface area (Å²) in [4.78, 5) is 33.2. The Labute approximate surface area is 167 Å². The molecule has 0 saturated carbocycles. The topological polar surface area (TPSA) is 182 Å². The molecule has 152 valence electrons. The van der Waals surface area contributed by atoms with Gasteiger partial charge in [0.05, 0.1) is 29.2 Å². The SMILES string of the molecule is Nc1nc2c(ncn2[C@]2(c3ccc([N+](=O)[O-])cc3)O[C@H](CO)[C@@H](O)[C@H]2S)c(=O)[nH]1. The number of aromatic amines is 1. The smallest absolute Gasteiger partial charge is 0.280 e. The van der Waals surface area contributed by atoms with E-state index in [0.29, 0.717) is 5.56 Å². The summed E-state index contributed by atoms with van der Waals surface area (Å²) < 4.78 is 7.41. The fourth-order valence-corrected chi connectivity index (χ4v) is 4.05. The summed E-state index contributed by atoms with van der Waals surface area (Å²) in [5, 5.41) is 30.3. The van der Waals surface area contributed by atoms with Gasteiger partial charge in [-0.1, -0.05) is 0 Å². The maximum atomic E-state index is 12.2. The van der Waals surface area contributed by atoms with Crippen LogP contribution in [0.15, 0.2) is 35.4 Å². The van der Waals surface area contributed by atoms with Crippen molar-refractivity contribution in [2.45, 2.75) is 23.2 Å². The van der Waals surface area contributed by atoms with E-state index in [1.54, 1.807) is 0 Å². The van der Waals surface area contributed by atoms with Crippen LogP contribution in [0.1, 0.15) is 5.56 Å². The van der Waals surface area contributed by atoms with Gasteiger partial charge in [-0.25, -0.2) is 4.98 Å². The molecule has 0 aliphatic carbocycles. The number of benzene rings is 1. The quantitative estimate of drug-likeness (QED) is 0.208. The van der Waals surface area contributed by atoms with Crippen LogP contribution in [0.25, 0.3) is 11.2 Å². The predicted molar refractivity (Wildman–Crippen MR) is 103 cm³/mol. The Balaban J connectivity index is 2.00. The highest BCUT2D eigenvalue weighted by atomic mass is 32.1. The summed E-state index contributed by atoms with van der Waals surface area (Å²) in [5.74, 6) is -0.156. The largest absolute Gasteiger partial charge is 0.394 e. The molecule has 2 aromatic heterocycles. The first kappa shape index (κ1) is 19.3. The number of nitrogens with one attached hydrogen (secondary N) is 1. The second kappa shape index (κ2) is 6.81. The van der Waals surface area contributed by atoms with Crippen molar-refractivity contribution in [1.29, 1.82) is 0 Å². The molecule has 0 amide bonds. The van der Waals surface area contributed by atoms with Gasteiger partial charge in [0.25, 0.3) is 11.2 Å². The van der Waals surface area contributed by atoms with Gasteiger partial charge in [-0.05, 0) is 12.1 Å². The Morgan fingerprint density at radius 3 is 2.69 bits per heavy atom. The summed E-state index contributed by atoms with van der Waals surface area (Å²) in [7, 11) is 0. The van der Waals surface area contributed by atoms with Gasteiger partial charge in [-0.3, -0.25) is 24.5 Å². The molecule has 3 aromatic rings. The van der Waals surface area contributed by atoms with Gasteiger partial charge in [0, 0.05) is 17.7 Å². The third-order valence-electron chi connectivity index (χ3n) is 4.89. The molecule has 1 saturated heterocycles. The van der Waals surface area contributed by atoms with Crippen LogP contribution in [0, 0.1) is 10.1 Å². The minimum atomic E-state index is -1.58. The molecule has 1 fully saturated rings. The lowest BCUT2D eigenvalue weighted by atomic mass is 9.96. The minimum absolute atomic E-state index is 0.0217. The number of thiol groups is 1. The number of rotatable bonds is 4. The number of H-pyrrole nitrogens is 1. The molecular formula is C16H16N6O6S. The summed E-state index contributed by atoms with van der Waals surface area (Å²) in [6, 6.07) is 5.42. The van der Waals surface area contributed by atoms with Gasteiger partial charge in [-0.15, -0.1) is 0 Å². The normalized spacial score (nSPS) is 26.8. The highest BCUT2D eigenvalue weighted by molar-refractivity contribution is 7.81. The number of aliphatic hydroxyl groups is 2. The summed E-state index contributed by atoms with van der Waals surface area (Å²) in [6.45, 7) is -0.504. The zero-order valence-electron chi connectivity index (χ0n) is 14.7. The van der Waals surface area contributed by atoms with Crippen molar-refractivity contribution < 1.29 is 19.9 Å². The Kier molecular flexibility index (Phi) is 4.53. The molecule has 29 heavy (non-hydrogen) atoms. The Hall–Kier alpha value is -3.00. The fourth-order valence-electron chi connectivity index (χ4n) is 3.52. The van der Waals surface area contributed by atoms with E-state index in [0.717, 1.165) is 0 Å². The zero-order valence-corrected chi connectivity index (χ0v) is 15.6. The maximum Gasteiger partial charge on any atom is 0.280 e. The standard InChI is InChI=1S/C16H16N6O6S/c17-15-19-13-10(14(25)20-15)18-6-21(13)16(12(29)11(24)9(5-23)28-16)7-1-3-8(4-2-7)22(26)27/h1-4,6,9,11-12,23-24,29H,5H2,(H3,17,19,20,25)/t9-,11-,12-,16-/m1/s1. The van der Waals surface area contributed by atoms with Gasteiger partial charge in [0.15, 0.2) is 16.9 Å². The first-order valence-corrected chi connectivity index (χ1v) is 8.94. The van der Waals surface area contributed by atoms with Crippen molar-refractivity contribution in [3.8, 4) is 0 Å². The molecule has 0 bridgehead atoms. The van der Waals surface area contributed by atoms with E-state index in [2.05, 4.69) is 27.6 Å². The van der Waals surface area contributed by atoms with Crippen molar-refractivity contribution in [3.63, 3.8) is 0 Å². The van der Waals surface area contributed by atoms with Crippen LogP contribution in [0.4, 0.5) is 11.6 Å². The molecule has 3 heterocycles. The van der Waals surface area contributed by atoms with Gasteiger partial charge < -0.3 is 20.7 Å². The summed E-state index contributed by atoms with van der Waals surface area (Å²) >= 11 is 4.51. The number of anilines is 1. The Morgan fingerprint density at radius 2 is 2.10 bits per heavy atom. The van der Waals surface area contributed by atoms with Gasteiger partial charge >= 0.3 is 0 Å². The number of non-ortho nitro benzene ring substituents is 1.